The van der Waals surface area contributed by atoms with Gasteiger partial charge >= 0.3 is 0 Å². The van der Waals surface area contributed by atoms with Gasteiger partial charge in [0, 0.05) is 12.6 Å². The lowest BCUT2D eigenvalue weighted by Gasteiger charge is -2.21. The lowest BCUT2D eigenvalue weighted by Crippen LogP contribution is -2.11. The van der Waals surface area contributed by atoms with Crippen LogP contribution in [-0.2, 0) is 12.5 Å². The molecule has 0 saturated carbocycles. The zero-order valence-electron chi connectivity index (χ0n) is 12.7. The van der Waals surface area contributed by atoms with Crippen LogP contribution in [0.2, 0.25) is 0 Å². The highest BCUT2D eigenvalue weighted by molar-refractivity contribution is 5.68. The first-order valence-electron chi connectivity index (χ1n) is 6.62. The molecule has 0 atom stereocenters. The second-order valence-electron chi connectivity index (χ2n) is 6.24. The lowest BCUT2D eigenvalue weighted by molar-refractivity contribution is 0.590. The molecule has 0 spiro atoms. The molecule has 0 radical (unpaired) electrons. The van der Waals surface area contributed by atoms with Crippen molar-refractivity contribution in [1.29, 1.82) is 0 Å². The molecule has 102 valence electrons. The molecule has 0 aliphatic carbocycles. The van der Waals surface area contributed by atoms with Crippen LogP contribution in [0.25, 0.3) is 11.3 Å². The van der Waals surface area contributed by atoms with E-state index in [-0.39, 0.29) is 5.41 Å². The average Bonchev–Trinajstić information content (AvgIpc) is 2.53. The Balaban J connectivity index is 2.59. The van der Waals surface area contributed by atoms with E-state index in [1.54, 1.807) is 0 Å². The minimum atomic E-state index is 0.170. The number of rotatable bonds is 1. The Labute approximate surface area is 115 Å². The Morgan fingerprint density at radius 3 is 2.21 bits per heavy atom. The van der Waals surface area contributed by atoms with E-state index in [0.717, 1.165) is 11.4 Å². The number of imidazole rings is 1. The number of nitrogen functional groups attached to an aromatic ring is 1. The molecule has 0 amide bonds. The summed E-state index contributed by atoms with van der Waals surface area (Å²) in [6.45, 7) is 10.8. The normalized spacial score (nSPS) is 11.9. The van der Waals surface area contributed by atoms with Gasteiger partial charge in [-0.05, 0) is 30.4 Å². The Morgan fingerprint density at radius 2 is 1.79 bits per heavy atom. The highest BCUT2D eigenvalue weighted by Crippen LogP contribution is 2.31. The third kappa shape index (κ3) is 2.37. The quantitative estimate of drug-likeness (QED) is 0.848. The predicted octanol–water partition coefficient (Wildman–Crippen LogP) is 3.58. The summed E-state index contributed by atoms with van der Waals surface area (Å²) in [5, 5.41) is 0. The molecule has 2 aromatic rings. The maximum absolute atomic E-state index is 5.88. The lowest BCUT2D eigenvalue weighted by atomic mass is 9.85. The summed E-state index contributed by atoms with van der Waals surface area (Å²) in [4.78, 5) is 4.34. The SMILES string of the molecule is Cc1cc(C(C)(C)C)ccc1-c1c(C)nc(N)n1C. The van der Waals surface area contributed by atoms with Crippen LogP contribution in [0.5, 0.6) is 0 Å². The first kappa shape index (κ1) is 13.7. The van der Waals surface area contributed by atoms with Crippen molar-refractivity contribution in [3.05, 3.63) is 35.0 Å². The number of benzene rings is 1. The molecule has 3 heteroatoms. The van der Waals surface area contributed by atoms with Crippen LogP contribution in [0.3, 0.4) is 0 Å². The largest absolute Gasteiger partial charge is 0.369 e. The molecule has 0 aliphatic rings. The Hall–Kier alpha value is -1.77. The van der Waals surface area contributed by atoms with Gasteiger partial charge in [0.15, 0.2) is 0 Å². The summed E-state index contributed by atoms with van der Waals surface area (Å²) in [5.41, 5.74) is 12.0. The summed E-state index contributed by atoms with van der Waals surface area (Å²) in [6.07, 6.45) is 0. The molecule has 1 aromatic carbocycles. The Bertz CT molecular complexity index is 616. The van der Waals surface area contributed by atoms with E-state index in [4.69, 9.17) is 5.73 Å². The smallest absolute Gasteiger partial charge is 0.200 e. The second-order valence-corrected chi connectivity index (χ2v) is 6.24. The van der Waals surface area contributed by atoms with Crippen molar-refractivity contribution in [2.75, 3.05) is 5.73 Å². The molecular formula is C16H23N3. The molecular weight excluding hydrogens is 234 g/mol. The molecule has 0 unspecified atom stereocenters. The molecule has 19 heavy (non-hydrogen) atoms. The molecule has 0 aliphatic heterocycles. The van der Waals surface area contributed by atoms with Gasteiger partial charge in [0.25, 0.3) is 0 Å². The van der Waals surface area contributed by atoms with Gasteiger partial charge in [-0.3, -0.25) is 0 Å². The second kappa shape index (κ2) is 4.41. The topological polar surface area (TPSA) is 43.8 Å². The first-order chi connectivity index (χ1) is 8.71. The van der Waals surface area contributed by atoms with E-state index in [1.807, 2.05) is 18.5 Å². The number of aryl methyl sites for hydroxylation is 2. The maximum Gasteiger partial charge on any atom is 0.200 e. The van der Waals surface area contributed by atoms with Gasteiger partial charge < -0.3 is 10.3 Å². The van der Waals surface area contributed by atoms with E-state index in [9.17, 15) is 0 Å². The molecule has 3 nitrogen and oxygen atoms in total. The maximum atomic E-state index is 5.88. The number of hydrogen-bond donors (Lipinski definition) is 1. The summed E-state index contributed by atoms with van der Waals surface area (Å²) in [6, 6.07) is 6.64. The summed E-state index contributed by atoms with van der Waals surface area (Å²) < 4.78 is 1.95. The van der Waals surface area contributed by atoms with Crippen LogP contribution < -0.4 is 5.73 Å². The van der Waals surface area contributed by atoms with E-state index in [2.05, 4.69) is 50.9 Å². The Morgan fingerprint density at radius 1 is 1.16 bits per heavy atom. The van der Waals surface area contributed by atoms with Crippen molar-refractivity contribution in [3.8, 4) is 11.3 Å². The van der Waals surface area contributed by atoms with E-state index in [1.165, 1.54) is 16.7 Å². The molecule has 2 rings (SSSR count). The number of hydrogen-bond acceptors (Lipinski definition) is 2. The molecule has 2 N–H and O–H groups in total. The van der Waals surface area contributed by atoms with Crippen molar-refractivity contribution >= 4 is 5.95 Å². The van der Waals surface area contributed by atoms with Crippen molar-refractivity contribution in [3.63, 3.8) is 0 Å². The number of nitrogens with two attached hydrogens (primary N) is 1. The van der Waals surface area contributed by atoms with Crippen LogP contribution in [0.4, 0.5) is 5.95 Å². The zero-order chi connectivity index (χ0) is 14.4. The minimum absolute atomic E-state index is 0.170. The van der Waals surface area contributed by atoms with Crippen LogP contribution in [0.15, 0.2) is 18.2 Å². The third-order valence-corrected chi connectivity index (χ3v) is 3.65. The first-order valence-corrected chi connectivity index (χ1v) is 6.62. The van der Waals surface area contributed by atoms with Gasteiger partial charge in [0.05, 0.1) is 11.4 Å². The van der Waals surface area contributed by atoms with Gasteiger partial charge in [-0.2, -0.15) is 0 Å². The standard InChI is InChI=1S/C16H23N3/c1-10-9-12(16(3,4)5)7-8-13(10)14-11(2)18-15(17)19(14)6/h7-9H,1-6H3,(H2,17,18). The highest BCUT2D eigenvalue weighted by atomic mass is 15.1. The van der Waals surface area contributed by atoms with E-state index >= 15 is 0 Å². The molecule has 0 saturated heterocycles. The summed E-state index contributed by atoms with van der Waals surface area (Å²) >= 11 is 0. The number of nitrogens with zero attached hydrogens (tertiary/aromatic N) is 2. The molecule has 0 fully saturated rings. The fraction of sp³-hybridized carbons (Fsp3) is 0.438. The van der Waals surface area contributed by atoms with Gasteiger partial charge in [0.1, 0.15) is 0 Å². The van der Waals surface area contributed by atoms with Crippen molar-refractivity contribution in [2.45, 2.75) is 40.0 Å². The van der Waals surface area contributed by atoms with Crippen LogP contribution in [0, 0.1) is 13.8 Å². The summed E-state index contributed by atoms with van der Waals surface area (Å²) in [7, 11) is 1.96. The molecule has 0 bridgehead atoms. The minimum Gasteiger partial charge on any atom is -0.369 e. The van der Waals surface area contributed by atoms with Gasteiger partial charge in [0.2, 0.25) is 5.95 Å². The Kier molecular flexibility index (Phi) is 3.17. The van der Waals surface area contributed by atoms with Crippen molar-refractivity contribution in [2.24, 2.45) is 7.05 Å². The molecule has 1 aromatic heterocycles. The van der Waals surface area contributed by atoms with Gasteiger partial charge in [-0.1, -0.05) is 39.0 Å². The van der Waals surface area contributed by atoms with Crippen molar-refractivity contribution < 1.29 is 0 Å². The summed E-state index contributed by atoms with van der Waals surface area (Å²) in [5.74, 6) is 0.562. The number of anilines is 1. The fourth-order valence-electron chi connectivity index (χ4n) is 2.43. The third-order valence-electron chi connectivity index (χ3n) is 3.65. The average molecular weight is 257 g/mol. The van der Waals surface area contributed by atoms with Gasteiger partial charge in [-0.15, -0.1) is 0 Å². The van der Waals surface area contributed by atoms with Crippen molar-refractivity contribution in [1.82, 2.24) is 9.55 Å². The van der Waals surface area contributed by atoms with Crippen LogP contribution >= 0.6 is 0 Å². The fourth-order valence-corrected chi connectivity index (χ4v) is 2.43. The number of aromatic nitrogens is 2. The van der Waals surface area contributed by atoms with E-state index in [0.29, 0.717) is 5.95 Å². The predicted molar refractivity (Wildman–Crippen MR) is 81.2 cm³/mol. The van der Waals surface area contributed by atoms with Crippen LogP contribution in [-0.4, -0.2) is 9.55 Å². The van der Waals surface area contributed by atoms with Crippen LogP contribution in [0.1, 0.15) is 37.6 Å². The molecule has 1 heterocycles. The van der Waals surface area contributed by atoms with E-state index < -0.39 is 0 Å². The van der Waals surface area contributed by atoms with Gasteiger partial charge in [-0.25, -0.2) is 4.98 Å². The monoisotopic (exact) mass is 257 g/mol. The highest BCUT2D eigenvalue weighted by Gasteiger charge is 2.17. The zero-order valence-corrected chi connectivity index (χ0v) is 12.7.